The van der Waals surface area contributed by atoms with Crippen LogP contribution in [0.25, 0.3) is 0 Å². The SMILES string of the molecule is O=C(NCC1CCS(=O)(=O)C1)c1cnc(Nc2ccc(Cl)cc2Cl)cc1C1CC1. The number of carbonyl (C=O) groups excluding carboxylic acids is 1. The first-order valence-electron chi connectivity index (χ1n) is 9.51. The number of halogens is 2. The normalized spacial score (nSPS) is 20.4. The van der Waals surface area contributed by atoms with Gasteiger partial charge < -0.3 is 10.6 Å². The Labute approximate surface area is 179 Å². The quantitative estimate of drug-likeness (QED) is 0.684. The number of anilines is 2. The van der Waals surface area contributed by atoms with E-state index in [4.69, 9.17) is 23.2 Å². The first-order valence-corrected chi connectivity index (χ1v) is 12.1. The molecule has 1 aliphatic carbocycles. The lowest BCUT2D eigenvalue weighted by Crippen LogP contribution is -2.30. The summed E-state index contributed by atoms with van der Waals surface area (Å²) in [6.45, 7) is 0.364. The fourth-order valence-electron chi connectivity index (χ4n) is 3.56. The summed E-state index contributed by atoms with van der Waals surface area (Å²) in [6.07, 6.45) is 4.24. The zero-order chi connectivity index (χ0) is 20.6. The third-order valence-electron chi connectivity index (χ3n) is 5.27. The van der Waals surface area contributed by atoms with E-state index < -0.39 is 9.84 Å². The minimum absolute atomic E-state index is 0.0192. The Morgan fingerprint density at radius 1 is 1.17 bits per heavy atom. The average Bonchev–Trinajstić information content (AvgIpc) is 3.45. The van der Waals surface area contributed by atoms with Gasteiger partial charge in [-0.2, -0.15) is 0 Å². The van der Waals surface area contributed by atoms with Crippen LogP contribution in [0, 0.1) is 5.92 Å². The zero-order valence-corrected chi connectivity index (χ0v) is 17.9. The molecule has 1 amide bonds. The lowest BCUT2D eigenvalue weighted by molar-refractivity contribution is 0.0947. The van der Waals surface area contributed by atoms with Gasteiger partial charge in [0.15, 0.2) is 9.84 Å². The predicted octanol–water partition coefficient (Wildman–Crippen LogP) is 4.17. The van der Waals surface area contributed by atoms with E-state index in [1.807, 2.05) is 6.07 Å². The van der Waals surface area contributed by atoms with Crippen LogP contribution < -0.4 is 10.6 Å². The molecule has 0 spiro atoms. The number of hydrogen-bond acceptors (Lipinski definition) is 5. The molecule has 29 heavy (non-hydrogen) atoms. The summed E-state index contributed by atoms with van der Waals surface area (Å²) in [4.78, 5) is 17.1. The van der Waals surface area contributed by atoms with Crippen molar-refractivity contribution in [1.82, 2.24) is 10.3 Å². The molecule has 2 N–H and O–H groups in total. The molecular weight excluding hydrogens is 433 g/mol. The van der Waals surface area contributed by atoms with E-state index in [0.29, 0.717) is 46.0 Å². The number of carbonyl (C=O) groups is 1. The zero-order valence-electron chi connectivity index (χ0n) is 15.6. The minimum atomic E-state index is -2.95. The summed E-state index contributed by atoms with van der Waals surface area (Å²) >= 11 is 12.2. The van der Waals surface area contributed by atoms with E-state index in [9.17, 15) is 13.2 Å². The van der Waals surface area contributed by atoms with Crippen molar-refractivity contribution in [3.63, 3.8) is 0 Å². The minimum Gasteiger partial charge on any atom is -0.352 e. The Balaban J connectivity index is 1.48. The van der Waals surface area contributed by atoms with Crippen LogP contribution in [0.15, 0.2) is 30.5 Å². The summed E-state index contributed by atoms with van der Waals surface area (Å²) in [6, 6.07) is 7.05. The molecule has 1 atom stereocenters. The Bertz CT molecular complexity index is 1050. The molecule has 0 radical (unpaired) electrons. The molecule has 2 aliphatic rings. The van der Waals surface area contributed by atoms with E-state index in [1.54, 1.807) is 24.4 Å². The van der Waals surface area contributed by atoms with Gasteiger partial charge in [0.25, 0.3) is 5.91 Å². The summed E-state index contributed by atoms with van der Waals surface area (Å²) < 4.78 is 23.2. The van der Waals surface area contributed by atoms with Crippen molar-refractivity contribution in [2.75, 3.05) is 23.4 Å². The van der Waals surface area contributed by atoms with Gasteiger partial charge in [-0.05, 0) is 60.9 Å². The van der Waals surface area contributed by atoms with Crippen molar-refractivity contribution in [3.8, 4) is 0 Å². The molecule has 6 nitrogen and oxygen atoms in total. The molecule has 2 aromatic rings. The molecule has 1 unspecified atom stereocenters. The number of benzene rings is 1. The largest absolute Gasteiger partial charge is 0.352 e. The molecule has 1 aromatic heterocycles. The van der Waals surface area contributed by atoms with Gasteiger partial charge >= 0.3 is 0 Å². The molecule has 1 saturated heterocycles. The third kappa shape index (κ3) is 5.02. The number of hydrogen-bond donors (Lipinski definition) is 2. The summed E-state index contributed by atoms with van der Waals surface area (Å²) in [5.41, 5.74) is 2.18. The van der Waals surface area contributed by atoms with E-state index in [0.717, 1.165) is 18.4 Å². The van der Waals surface area contributed by atoms with Crippen molar-refractivity contribution in [2.45, 2.75) is 25.2 Å². The van der Waals surface area contributed by atoms with E-state index in [-0.39, 0.29) is 23.3 Å². The van der Waals surface area contributed by atoms with Gasteiger partial charge in [-0.3, -0.25) is 4.79 Å². The molecule has 0 bridgehead atoms. The second-order valence-electron chi connectivity index (χ2n) is 7.66. The smallest absolute Gasteiger partial charge is 0.253 e. The van der Waals surface area contributed by atoms with Crippen molar-refractivity contribution < 1.29 is 13.2 Å². The molecular formula is C20H21Cl2N3O3S. The molecule has 2 heterocycles. The van der Waals surface area contributed by atoms with Gasteiger partial charge in [-0.15, -0.1) is 0 Å². The number of nitrogens with zero attached hydrogens (tertiary/aromatic N) is 1. The maximum Gasteiger partial charge on any atom is 0.253 e. The Hall–Kier alpha value is -1.83. The maximum atomic E-state index is 12.7. The van der Waals surface area contributed by atoms with Crippen LogP contribution in [0.5, 0.6) is 0 Å². The van der Waals surface area contributed by atoms with Gasteiger partial charge in [0, 0.05) is 17.8 Å². The van der Waals surface area contributed by atoms with Crippen LogP contribution in [0.2, 0.25) is 10.0 Å². The Morgan fingerprint density at radius 3 is 2.62 bits per heavy atom. The monoisotopic (exact) mass is 453 g/mol. The molecule has 2 fully saturated rings. The van der Waals surface area contributed by atoms with Gasteiger partial charge in [0.1, 0.15) is 5.82 Å². The second-order valence-corrected chi connectivity index (χ2v) is 10.7. The van der Waals surface area contributed by atoms with Crippen molar-refractivity contribution in [3.05, 3.63) is 51.6 Å². The Kier molecular flexibility index (Phi) is 5.73. The molecule has 154 valence electrons. The number of aromatic nitrogens is 1. The number of pyridine rings is 1. The number of sulfone groups is 1. The molecule has 4 rings (SSSR count). The van der Waals surface area contributed by atoms with E-state index >= 15 is 0 Å². The highest BCUT2D eigenvalue weighted by Crippen LogP contribution is 2.42. The fraction of sp³-hybridized carbons (Fsp3) is 0.400. The topological polar surface area (TPSA) is 88.2 Å². The maximum absolute atomic E-state index is 12.7. The predicted molar refractivity (Wildman–Crippen MR) is 115 cm³/mol. The van der Waals surface area contributed by atoms with E-state index in [2.05, 4.69) is 15.6 Å². The van der Waals surface area contributed by atoms with E-state index in [1.165, 1.54) is 0 Å². The first kappa shape index (κ1) is 20.4. The molecule has 9 heteroatoms. The van der Waals surface area contributed by atoms with Crippen molar-refractivity contribution in [2.24, 2.45) is 5.92 Å². The molecule has 1 aromatic carbocycles. The summed E-state index contributed by atoms with van der Waals surface area (Å²) in [5, 5.41) is 7.10. The van der Waals surface area contributed by atoms with Gasteiger partial charge in [-0.1, -0.05) is 23.2 Å². The van der Waals surface area contributed by atoms with Crippen LogP contribution >= 0.6 is 23.2 Å². The fourth-order valence-corrected chi connectivity index (χ4v) is 5.87. The molecule has 1 saturated carbocycles. The number of nitrogens with one attached hydrogen (secondary N) is 2. The average molecular weight is 454 g/mol. The van der Waals surface area contributed by atoms with Gasteiger partial charge in [0.05, 0.1) is 27.8 Å². The highest BCUT2D eigenvalue weighted by atomic mass is 35.5. The van der Waals surface area contributed by atoms with Crippen LogP contribution in [0.4, 0.5) is 11.5 Å². The first-order chi connectivity index (χ1) is 13.8. The third-order valence-corrected chi connectivity index (χ3v) is 7.65. The highest BCUT2D eigenvalue weighted by Gasteiger charge is 2.31. The Morgan fingerprint density at radius 2 is 1.97 bits per heavy atom. The second kappa shape index (κ2) is 8.13. The summed E-state index contributed by atoms with van der Waals surface area (Å²) in [5.74, 6) is 1.07. The lowest BCUT2D eigenvalue weighted by atomic mass is 10.0. The van der Waals surface area contributed by atoms with Crippen LogP contribution in [-0.2, 0) is 9.84 Å². The van der Waals surface area contributed by atoms with Crippen LogP contribution in [-0.4, -0.2) is 37.4 Å². The summed E-state index contributed by atoms with van der Waals surface area (Å²) in [7, 11) is -2.95. The standard InChI is InChI=1S/C20H21Cl2N3O3S/c21-14-3-4-18(17(22)7-14)25-19-8-15(13-1-2-13)16(10-23-19)20(26)24-9-12-5-6-29(27,28)11-12/h3-4,7-8,10,12-13H,1-2,5-6,9,11H2,(H,23,25)(H,24,26). The van der Waals surface area contributed by atoms with Gasteiger partial charge in [-0.25, -0.2) is 13.4 Å². The van der Waals surface area contributed by atoms with Crippen LogP contribution in [0.1, 0.15) is 41.1 Å². The number of amides is 1. The van der Waals surface area contributed by atoms with Crippen molar-refractivity contribution in [1.29, 1.82) is 0 Å². The van der Waals surface area contributed by atoms with Crippen LogP contribution in [0.3, 0.4) is 0 Å². The number of rotatable bonds is 6. The highest BCUT2D eigenvalue weighted by molar-refractivity contribution is 7.91. The lowest BCUT2D eigenvalue weighted by Gasteiger charge is -2.14. The van der Waals surface area contributed by atoms with Crippen molar-refractivity contribution >= 4 is 50.5 Å². The molecule has 1 aliphatic heterocycles. The van der Waals surface area contributed by atoms with Gasteiger partial charge in [0.2, 0.25) is 0 Å².